The Hall–Kier alpha value is -1.72. The van der Waals surface area contributed by atoms with E-state index in [1.165, 1.54) is 29.0 Å². The molecule has 5 heteroatoms. The van der Waals surface area contributed by atoms with Crippen molar-refractivity contribution in [1.29, 1.82) is 0 Å². The standard InChI is InChI=1S/C22H29N3OS/c1-16(2)24-20(26)13-17-14-22(19-6-4-3-5-18(17)19)7-10-25(11-8-22)15-21-23-9-12-27-21/h3-6,9,12,16-17H,7-8,10-11,13-15H2,1-2H3,(H,24,26). The van der Waals surface area contributed by atoms with Gasteiger partial charge in [-0.05, 0) is 68.7 Å². The molecule has 2 aromatic rings. The molecule has 1 aliphatic heterocycles. The van der Waals surface area contributed by atoms with E-state index in [1.54, 1.807) is 11.3 Å². The van der Waals surface area contributed by atoms with E-state index in [2.05, 4.69) is 44.8 Å². The van der Waals surface area contributed by atoms with Crippen LogP contribution in [0.5, 0.6) is 0 Å². The third-order valence-electron chi connectivity index (χ3n) is 6.15. The number of amides is 1. The minimum atomic E-state index is 0.183. The SMILES string of the molecule is CC(C)NC(=O)CC1CC2(CCN(Cc3nccs3)CC2)c2ccccc21. The molecule has 1 fully saturated rings. The monoisotopic (exact) mass is 383 g/mol. The second-order valence-corrected chi connectivity index (χ2v) is 9.38. The van der Waals surface area contributed by atoms with Crippen LogP contribution in [0.4, 0.5) is 0 Å². The molecule has 1 aliphatic carbocycles. The van der Waals surface area contributed by atoms with Gasteiger partial charge < -0.3 is 5.32 Å². The van der Waals surface area contributed by atoms with Gasteiger partial charge in [0, 0.05) is 24.0 Å². The quantitative estimate of drug-likeness (QED) is 0.846. The largest absolute Gasteiger partial charge is 0.354 e. The van der Waals surface area contributed by atoms with Crippen LogP contribution in [0.25, 0.3) is 0 Å². The minimum absolute atomic E-state index is 0.183. The lowest BCUT2D eigenvalue weighted by Gasteiger charge is -2.40. The Morgan fingerprint density at radius 1 is 1.33 bits per heavy atom. The number of fused-ring (bicyclic) bond motifs is 2. The van der Waals surface area contributed by atoms with Gasteiger partial charge in [-0.2, -0.15) is 0 Å². The number of carbonyl (C=O) groups excluding carboxylic acids is 1. The lowest BCUT2D eigenvalue weighted by atomic mass is 9.73. The first-order valence-electron chi connectivity index (χ1n) is 10.1. The Morgan fingerprint density at radius 3 is 2.81 bits per heavy atom. The van der Waals surface area contributed by atoms with Gasteiger partial charge in [0.1, 0.15) is 5.01 Å². The lowest BCUT2D eigenvalue weighted by molar-refractivity contribution is -0.122. The third kappa shape index (κ3) is 3.94. The van der Waals surface area contributed by atoms with E-state index < -0.39 is 0 Å². The number of carbonyl (C=O) groups is 1. The number of rotatable bonds is 5. The molecule has 1 N–H and O–H groups in total. The fourth-order valence-electron chi connectivity index (χ4n) is 4.95. The van der Waals surface area contributed by atoms with E-state index >= 15 is 0 Å². The number of piperidine rings is 1. The molecule has 1 atom stereocenters. The Morgan fingerprint density at radius 2 is 2.11 bits per heavy atom. The second kappa shape index (κ2) is 7.72. The van der Waals surface area contributed by atoms with Gasteiger partial charge >= 0.3 is 0 Å². The van der Waals surface area contributed by atoms with Crippen molar-refractivity contribution >= 4 is 17.2 Å². The molecule has 2 aliphatic rings. The normalized spacial score (nSPS) is 21.5. The highest BCUT2D eigenvalue weighted by atomic mass is 32.1. The van der Waals surface area contributed by atoms with Crippen molar-refractivity contribution in [3.8, 4) is 0 Å². The van der Waals surface area contributed by atoms with Crippen molar-refractivity contribution in [1.82, 2.24) is 15.2 Å². The van der Waals surface area contributed by atoms with E-state index in [0.29, 0.717) is 12.3 Å². The molecule has 1 aromatic carbocycles. The Kier molecular flexibility index (Phi) is 5.33. The van der Waals surface area contributed by atoms with Crippen LogP contribution in [0.2, 0.25) is 0 Å². The highest BCUT2D eigenvalue weighted by Gasteiger charge is 2.45. The number of nitrogens with one attached hydrogen (secondary N) is 1. The molecule has 2 heterocycles. The summed E-state index contributed by atoms with van der Waals surface area (Å²) >= 11 is 1.74. The molecule has 1 spiro atoms. The summed E-state index contributed by atoms with van der Waals surface area (Å²) in [5, 5.41) is 6.34. The van der Waals surface area contributed by atoms with Crippen LogP contribution in [-0.4, -0.2) is 34.9 Å². The van der Waals surface area contributed by atoms with Crippen LogP contribution in [0.1, 0.15) is 61.6 Å². The maximum atomic E-state index is 12.4. The summed E-state index contributed by atoms with van der Waals surface area (Å²) in [4.78, 5) is 19.4. The molecule has 1 unspecified atom stereocenters. The first-order chi connectivity index (χ1) is 13.1. The van der Waals surface area contributed by atoms with Crippen LogP contribution >= 0.6 is 11.3 Å². The predicted octanol–water partition coefficient (Wildman–Crippen LogP) is 4.08. The molecule has 1 saturated heterocycles. The zero-order valence-corrected chi connectivity index (χ0v) is 17.1. The molecule has 4 rings (SSSR count). The average Bonchev–Trinajstić information content (AvgIpc) is 3.24. The fraction of sp³-hybridized carbons (Fsp3) is 0.545. The van der Waals surface area contributed by atoms with E-state index in [4.69, 9.17) is 0 Å². The van der Waals surface area contributed by atoms with E-state index in [9.17, 15) is 4.79 Å². The number of likely N-dealkylation sites (tertiary alicyclic amines) is 1. The molecule has 1 amide bonds. The van der Waals surface area contributed by atoms with E-state index in [-0.39, 0.29) is 17.4 Å². The average molecular weight is 384 g/mol. The first-order valence-corrected chi connectivity index (χ1v) is 10.9. The maximum Gasteiger partial charge on any atom is 0.220 e. The maximum absolute atomic E-state index is 12.4. The molecule has 144 valence electrons. The number of nitrogens with zero attached hydrogens (tertiary/aromatic N) is 2. The second-order valence-electron chi connectivity index (χ2n) is 8.40. The summed E-state index contributed by atoms with van der Waals surface area (Å²) in [6.07, 6.45) is 5.98. The van der Waals surface area contributed by atoms with Gasteiger partial charge in [-0.3, -0.25) is 9.69 Å². The zero-order chi connectivity index (χ0) is 18.9. The summed E-state index contributed by atoms with van der Waals surface area (Å²) < 4.78 is 0. The van der Waals surface area contributed by atoms with Gasteiger partial charge in [0.15, 0.2) is 0 Å². The predicted molar refractivity (Wildman–Crippen MR) is 110 cm³/mol. The Balaban J connectivity index is 1.46. The fourth-order valence-corrected chi connectivity index (χ4v) is 5.61. The summed E-state index contributed by atoms with van der Waals surface area (Å²) in [6, 6.07) is 9.06. The number of thiazole rings is 1. The molecule has 1 aromatic heterocycles. The highest BCUT2D eigenvalue weighted by Crippen LogP contribution is 2.52. The van der Waals surface area contributed by atoms with Crippen molar-refractivity contribution in [2.24, 2.45) is 0 Å². The van der Waals surface area contributed by atoms with Crippen molar-refractivity contribution in [2.45, 2.75) is 63.5 Å². The molecule has 0 bridgehead atoms. The van der Waals surface area contributed by atoms with E-state index in [1.807, 2.05) is 20.0 Å². The van der Waals surface area contributed by atoms with Gasteiger partial charge in [0.25, 0.3) is 0 Å². The first kappa shape index (κ1) is 18.6. The topological polar surface area (TPSA) is 45.2 Å². The van der Waals surface area contributed by atoms with Gasteiger partial charge in [-0.15, -0.1) is 11.3 Å². The molecule has 27 heavy (non-hydrogen) atoms. The summed E-state index contributed by atoms with van der Waals surface area (Å²) in [5.41, 5.74) is 3.16. The number of aromatic nitrogens is 1. The minimum Gasteiger partial charge on any atom is -0.354 e. The van der Waals surface area contributed by atoms with Crippen LogP contribution < -0.4 is 5.32 Å². The Labute approximate surface area is 166 Å². The summed E-state index contributed by atoms with van der Waals surface area (Å²) in [6.45, 7) is 7.24. The van der Waals surface area contributed by atoms with Gasteiger partial charge in [-0.1, -0.05) is 24.3 Å². The lowest BCUT2D eigenvalue weighted by Crippen LogP contribution is -2.41. The van der Waals surface area contributed by atoms with E-state index in [0.717, 1.165) is 26.1 Å². The van der Waals surface area contributed by atoms with Crippen molar-refractivity contribution in [3.05, 3.63) is 52.0 Å². The number of benzene rings is 1. The van der Waals surface area contributed by atoms with Gasteiger partial charge in [-0.25, -0.2) is 4.98 Å². The summed E-state index contributed by atoms with van der Waals surface area (Å²) in [7, 11) is 0. The van der Waals surface area contributed by atoms with Crippen molar-refractivity contribution < 1.29 is 4.79 Å². The zero-order valence-electron chi connectivity index (χ0n) is 16.3. The molecule has 0 radical (unpaired) electrons. The Bertz CT molecular complexity index is 779. The molecule has 0 saturated carbocycles. The van der Waals surface area contributed by atoms with Crippen LogP contribution in [0.15, 0.2) is 35.8 Å². The molecular formula is C22H29N3OS. The highest BCUT2D eigenvalue weighted by molar-refractivity contribution is 7.09. The smallest absolute Gasteiger partial charge is 0.220 e. The number of hydrogen-bond donors (Lipinski definition) is 1. The van der Waals surface area contributed by atoms with Crippen LogP contribution in [-0.2, 0) is 16.8 Å². The van der Waals surface area contributed by atoms with Crippen molar-refractivity contribution in [2.75, 3.05) is 13.1 Å². The van der Waals surface area contributed by atoms with Crippen LogP contribution in [0.3, 0.4) is 0 Å². The van der Waals surface area contributed by atoms with Crippen LogP contribution in [0, 0.1) is 0 Å². The van der Waals surface area contributed by atoms with Gasteiger partial charge in [0.2, 0.25) is 5.91 Å². The van der Waals surface area contributed by atoms with Gasteiger partial charge in [0.05, 0.1) is 6.54 Å². The molecular weight excluding hydrogens is 354 g/mol. The third-order valence-corrected chi connectivity index (χ3v) is 6.91. The molecule has 4 nitrogen and oxygen atoms in total. The summed E-state index contributed by atoms with van der Waals surface area (Å²) in [5.74, 6) is 0.536. The number of hydrogen-bond acceptors (Lipinski definition) is 4. The van der Waals surface area contributed by atoms with Crippen molar-refractivity contribution in [3.63, 3.8) is 0 Å².